The SMILES string of the molecule is Cn1cc(S(=O)(=O)O)cn1. The molecule has 0 atom stereocenters. The van der Waals surface area contributed by atoms with Crippen molar-refractivity contribution in [1.82, 2.24) is 9.78 Å². The molecule has 56 valence electrons. The lowest BCUT2D eigenvalue weighted by Gasteiger charge is -1.85. The van der Waals surface area contributed by atoms with Gasteiger partial charge in [-0.15, -0.1) is 0 Å². The fourth-order valence-electron chi connectivity index (χ4n) is 0.532. The average Bonchev–Trinajstić information content (AvgIpc) is 2.11. The predicted octanol–water partition coefficient (Wildman–Crippen LogP) is -0.333. The van der Waals surface area contributed by atoms with E-state index in [1.807, 2.05) is 0 Å². The molecule has 0 radical (unpaired) electrons. The van der Waals surface area contributed by atoms with Crippen LogP contribution in [0, 0.1) is 0 Å². The van der Waals surface area contributed by atoms with Crippen LogP contribution in [0.4, 0.5) is 0 Å². The van der Waals surface area contributed by atoms with E-state index in [0.717, 1.165) is 6.20 Å². The molecule has 0 aliphatic rings. The normalized spacial score (nSPS) is 11.8. The molecule has 10 heavy (non-hydrogen) atoms. The van der Waals surface area contributed by atoms with Crippen LogP contribution < -0.4 is 0 Å². The Morgan fingerprint density at radius 1 is 1.70 bits per heavy atom. The van der Waals surface area contributed by atoms with Crippen LogP contribution in [-0.4, -0.2) is 22.8 Å². The Labute approximate surface area is 58.0 Å². The summed E-state index contributed by atoms with van der Waals surface area (Å²) in [6, 6.07) is 0. The molecule has 1 aromatic rings. The summed E-state index contributed by atoms with van der Waals surface area (Å²) in [5, 5.41) is 3.56. The van der Waals surface area contributed by atoms with Gasteiger partial charge in [-0.3, -0.25) is 9.23 Å². The molecule has 1 heterocycles. The van der Waals surface area contributed by atoms with Gasteiger partial charge in [0.25, 0.3) is 10.1 Å². The summed E-state index contributed by atoms with van der Waals surface area (Å²) in [7, 11) is -2.50. The van der Waals surface area contributed by atoms with Crippen LogP contribution in [0.25, 0.3) is 0 Å². The molecule has 5 nitrogen and oxygen atoms in total. The highest BCUT2D eigenvalue weighted by atomic mass is 32.2. The first-order valence-electron chi connectivity index (χ1n) is 2.46. The fraction of sp³-hybridized carbons (Fsp3) is 0.250. The smallest absolute Gasteiger partial charge is 0.282 e. The van der Waals surface area contributed by atoms with Crippen molar-refractivity contribution in [3.8, 4) is 0 Å². The van der Waals surface area contributed by atoms with Crippen molar-refractivity contribution in [2.75, 3.05) is 0 Å². The lowest BCUT2D eigenvalue weighted by Crippen LogP contribution is -1.95. The molecule has 1 aromatic heterocycles. The van der Waals surface area contributed by atoms with Crippen molar-refractivity contribution in [3.63, 3.8) is 0 Å². The van der Waals surface area contributed by atoms with Gasteiger partial charge in [-0.2, -0.15) is 13.5 Å². The Bertz CT molecular complexity index is 326. The maximum Gasteiger partial charge on any atom is 0.297 e. The van der Waals surface area contributed by atoms with Gasteiger partial charge in [0.05, 0.1) is 6.20 Å². The quantitative estimate of drug-likeness (QED) is 0.574. The third-order valence-corrected chi connectivity index (χ3v) is 1.79. The monoisotopic (exact) mass is 162 g/mol. The van der Waals surface area contributed by atoms with E-state index in [1.165, 1.54) is 10.9 Å². The maximum absolute atomic E-state index is 10.3. The van der Waals surface area contributed by atoms with Gasteiger partial charge in [0.1, 0.15) is 4.90 Å². The average molecular weight is 162 g/mol. The van der Waals surface area contributed by atoms with Gasteiger partial charge < -0.3 is 0 Å². The minimum Gasteiger partial charge on any atom is -0.282 e. The number of aromatic nitrogens is 2. The third-order valence-electron chi connectivity index (χ3n) is 0.979. The molecule has 1 rings (SSSR count). The number of aryl methyl sites for hydroxylation is 1. The Balaban J connectivity index is 3.21. The van der Waals surface area contributed by atoms with E-state index in [0.29, 0.717) is 0 Å². The van der Waals surface area contributed by atoms with Crippen LogP contribution in [0.3, 0.4) is 0 Å². The van der Waals surface area contributed by atoms with Crippen LogP contribution in [0.5, 0.6) is 0 Å². The summed E-state index contributed by atoms with van der Waals surface area (Å²) in [5.74, 6) is 0. The summed E-state index contributed by atoms with van der Waals surface area (Å²) in [6.45, 7) is 0. The molecular formula is C4H6N2O3S. The van der Waals surface area contributed by atoms with Crippen molar-refractivity contribution in [2.45, 2.75) is 4.90 Å². The fourth-order valence-corrected chi connectivity index (χ4v) is 0.998. The van der Waals surface area contributed by atoms with Crippen LogP contribution in [0.2, 0.25) is 0 Å². The van der Waals surface area contributed by atoms with E-state index >= 15 is 0 Å². The van der Waals surface area contributed by atoms with E-state index in [1.54, 1.807) is 7.05 Å². The molecule has 0 spiro atoms. The van der Waals surface area contributed by atoms with Gasteiger partial charge in [0.2, 0.25) is 0 Å². The summed E-state index contributed by atoms with van der Waals surface area (Å²) >= 11 is 0. The zero-order valence-corrected chi connectivity index (χ0v) is 6.04. The molecular weight excluding hydrogens is 156 g/mol. The van der Waals surface area contributed by atoms with Crippen LogP contribution in [-0.2, 0) is 17.2 Å². The highest BCUT2D eigenvalue weighted by Gasteiger charge is 2.10. The standard InChI is InChI=1S/C4H6N2O3S/c1-6-3-4(2-5-6)10(7,8)9/h2-3H,1H3,(H,7,8,9). The number of hydrogen-bond acceptors (Lipinski definition) is 3. The van der Waals surface area contributed by atoms with Crippen molar-refractivity contribution < 1.29 is 13.0 Å². The van der Waals surface area contributed by atoms with E-state index < -0.39 is 10.1 Å². The van der Waals surface area contributed by atoms with Gasteiger partial charge in [-0.05, 0) is 0 Å². The van der Waals surface area contributed by atoms with Crippen molar-refractivity contribution >= 4 is 10.1 Å². The molecule has 0 fully saturated rings. The van der Waals surface area contributed by atoms with Crippen molar-refractivity contribution in [3.05, 3.63) is 12.4 Å². The lowest BCUT2D eigenvalue weighted by atomic mass is 10.7. The predicted molar refractivity (Wildman–Crippen MR) is 33.0 cm³/mol. The topological polar surface area (TPSA) is 72.2 Å². The second-order valence-electron chi connectivity index (χ2n) is 1.82. The Morgan fingerprint density at radius 2 is 2.30 bits per heavy atom. The molecule has 0 bridgehead atoms. The first kappa shape index (κ1) is 7.23. The van der Waals surface area contributed by atoms with Gasteiger partial charge in [0.15, 0.2) is 0 Å². The van der Waals surface area contributed by atoms with E-state index in [2.05, 4.69) is 5.10 Å². The second kappa shape index (κ2) is 2.06. The molecule has 0 unspecified atom stereocenters. The largest absolute Gasteiger partial charge is 0.297 e. The summed E-state index contributed by atoms with van der Waals surface area (Å²) in [4.78, 5) is -0.185. The van der Waals surface area contributed by atoms with E-state index in [9.17, 15) is 8.42 Å². The molecule has 0 aliphatic heterocycles. The molecule has 1 N–H and O–H groups in total. The van der Waals surface area contributed by atoms with Gasteiger partial charge in [-0.25, -0.2) is 0 Å². The molecule has 0 saturated carbocycles. The summed E-state index contributed by atoms with van der Waals surface area (Å²) in [6.07, 6.45) is 2.30. The van der Waals surface area contributed by atoms with Crippen molar-refractivity contribution in [1.29, 1.82) is 0 Å². The van der Waals surface area contributed by atoms with Gasteiger partial charge in [0, 0.05) is 13.2 Å². The number of rotatable bonds is 1. The van der Waals surface area contributed by atoms with E-state index in [4.69, 9.17) is 4.55 Å². The molecule has 0 aliphatic carbocycles. The highest BCUT2D eigenvalue weighted by molar-refractivity contribution is 7.85. The van der Waals surface area contributed by atoms with Crippen molar-refractivity contribution in [2.24, 2.45) is 7.05 Å². The summed E-state index contributed by atoms with van der Waals surface area (Å²) in [5.41, 5.74) is 0. The van der Waals surface area contributed by atoms with E-state index in [-0.39, 0.29) is 4.90 Å². The minimum atomic E-state index is -4.07. The molecule has 6 heteroatoms. The molecule has 0 saturated heterocycles. The zero-order chi connectivity index (χ0) is 7.78. The Hall–Kier alpha value is -0.880. The molecule has 0 amide bonds. The van der Waals surface area contributed by atoms with Gasteiger partial charge in [-0.1, -0.05) is 0 Å². The van der Waals surface area contributed by atoms with Crippen LogP contribution in [0.1, 0.15) is 0 Å². The van der Waals surface area contributed by atoms with Gasteiger partial charge >= 0.3 is 0 Å². The van der Waals surface area contributed by atoms with Crippen LogP contribution in [0.15, 0.2) is 17.3 Å². The Morgan fingerprint density at radius 3 is 2.50 bits per heavy atom. The number of nitrogens with zero attached hydrogens (tertiary/aromatic N) is 2. The number of hydrogen-bond donors (Lipinski definition) is 1. The lowest BCUT2D eigenvalue weighted by molar-refractivity contribution is 0.483. The van der Waals surface area contributed by atoms with Crippen LogP contribution >= 0.6 is 0 Å². The first-order valence-corrected chi connectivity index (χ1v) is 3.90. The second-order valence-corrected chi connectivity index (χ2v) is 3.25. The summed E-state index contributed by atoms with van der Waals surface area (Å²) < 4.78 is 30.4. The first-order chi connectivity index (χ1) is 4.50. The Kier molecular flexibility index (Phi) is 1.49. The third kappa shape index (κ3) is 1.34. The maximum atomic E-state index is 10.3. The zero-order valence-electron chi connectivity index (χ0n) is 5.22. The minimum absolute atomic E-state index is 0.185. The molecule has 0 aromatic carbocycles. The highest BCUT2D eigenvalue weighted by Crippen LogP contribution is 2.03.